The van der Waals surface area contributed by atoms with Crippen LogP contribution in [0, 0.1) is 0 Å². The fraction of sp³-hybridized carbons (Fsp3) is 0.143. The van der Waals surface area contributed by atoms with Crippen LogP contribution in [-0.4, -0.2) is 39.4 Å². The van der Waals surface area contributed by atoms with E-state index in [4.69, 9.17) is 11.6 Å². The lowest BCUT2D eigenvalue weighted by molar-refractivity contribution is -0.123. The van der Waals surface area contributed by atoms with Crippen molar-refractivity contribution in [2.45, 2.75) is 12.8 Å². The number of nitrogens with one attached hydrogen (secondary N) is 1. The lowest BCUT2D eigenvalue weighted by Gasteiger charge is -2.12. The van der Waals surface area contributed by atoms with Gasteiger partial charge in [0.25, 0.3) is 11.1 Å². The predicted molar refractivity (Wildman–Crippen MR) is 120 cm³/mol. The number of rotatable bonds is 7. The van der Waals surface area contributed by atoms with Crippen molar-refractivity contribution in [2.75, 3.05) is 11.9 Å². The zero-order valence-corrected chi connectivity index (χ0v) is 17.3. The van der Waals surface area contributed by atoms with Crippen LogP contribution >= 0.6 is 11.8 Å². The van der Waals surface area contributed by atoms with Gasteiger partial charge in [-0.25, -0.2) is 0 Å². The Morgan fingerprint density at radius 2 is 1.94 bits per heavy atom. The second-order valence-electron chi connectivity index (χ2n) is 6.64. The summed E-state index contributed by atoms with van der Waals surface area (Å²) < 4.78 is 0. The number of aromatic hydroxyl groups is 1. The number of hydrogen-bond acceptors (Lipinski definition) is 7. The molecular weight excluding hydrogens is 418 g/mol. The van der Waals surface area contributed by atoms with Gasteiger partial charge in [0, 0.05) is 24.7 Å². The van der Waals surface area contributed by atoms with Crippen LogP contribution in [0.2, 0.25) is 0 Å². The first-order valence-corrected chi connectivity index (χ1v) is 10.2. The number of anilines is 1. The molecule has 0 atom stereocenters. The third-order valence-corrected chi connectivity index (χ3v) is 5.36. The van der Waals surface area contributed by atoms with Crippen LogP contribution in [0.25, 0.3) is 6.08 Å². The Morgan fingerprint density at radius 1 is 1.19 bits per heavy atom. The van der Waals surface area contributed by atoms with Crippen LogP contribution in [-0.2, 0) is 9.59 Å². The third kappa shape index (κ3) is 5.43. The van der Waals surface area contributed by atoms with Gasteiger partial charge in [-0.05, 0) is 42.0 Å². The van der Waals surface area contributed by atoms with Crippen molar-refractivity contribution in [2.24, 2.45) is 16.7 Å². The van der Waals surface area contributed by atoms with E-state index < -0.39 is 0 Å². The Hall–Kier alpha value is -3.79. The lowest BCUT2D eigenvalue weighted by Crippen LogP contribution is -2.29. The van der Waals surface area contributed by atoms with Crippen molar-refractivity contribution in [3.63, 3.8) is 0 Å². The number of hydrazone groups is 1. The monoisotopic (exact) mass is 439 g/mol. The highest BCUT2D eigenvalue weighted by Gasteiger charge is 2.34. The van der Waals surface area contributed by atoms with Gasteiger partial charge in [0.15, 0.2) is 5.84 Å². The number of phenols is 1. The largest absolute Gasteiger partial charge is 0.507 e. The number of nitrogens with zero attached hydrogens (tertiary/aromatic N) is 2. The maximum atomic E-state index is 12.5. The highest BCUT2D eigenvalue weighted by atomic mass is 32.2. The van der Waals surface area contributed by atoms with Crippen LogP contribution < -0.4 is 16.9 Å². The number of thioether (sulfide) groups is 1. The predicted octanol–water partition coefficient (Wildman–Crippen LogP) is 2.43. The number of imide groups is 1. The Bertz CT molecular complexity index is 1070. The quantitative estimate of drug-likeness (QED) is 0.170. The Morgan fingerprint density at radius 3 is 2.61 bits per heavy atom. The summed E-state index contributed by atoms with van der Waals surface area (Å²) in [5.41, 5.74) is 7.02. The molecule has 0 aliphatic carbocycles. The van der Waals surface area contributed by atoms with Crippen molar-refractivity contribution in [1.29, 1.82) is 0 Å². The molecule has 3 rings (SSSR count). The summed E-state index contributed by atoms with van der Waals surface area (Å²) in [6.07, 6.45) is 2.07. The Kier molecular flexibility index (Phi) is 6.93. The number of amides is 3. The minimum absolute atomic E-state index is 0.0334. The first kappa shape index (κ1) is 21.9. The first-order valence-electron chi connectivity index (χ1n) is 9.36. The lowest BCUT2D eigenvalue weighted by atomic mass is 10.1. The van der Waals surface area contributed by atoms with E-state index >= 15 is 0 Å². The number of phenolic OH excluding ortho intramolecular Hbond substituents is 1. The fourth-order valence-electron chi connectivity index (χ4n) is 2.91. The van der Waals surface area contributed by atoms with E-state index in [1.807, 2.05) is 30.3 Å². The average molecular weight is 439 g/mol. The van der Waals surface area contributed by atoms with Crippen molar-refractivity contribution in [3.05, 3.63) is 64.6 Å². The minimum atomic E-state index is -0.362. The van der Waals surface area contributed by atoms with E-state index in [-0.39, 0.29) is 47.2 Å². The van der Waals surface area contributed by atoms with Crippen molar-refractivity contribution >= 4 is 46.4 Å². The smallest absolute Gasteiger partial charge is 0.293 e. The number of carbonyl (C=O) groups is 3. The van der Waals surface area contributed by atoms with Gasteiger partial charge in [0.05, 0.1) is 10.5 Å². The van der Waals surface area contributed by atoms with Gasteiger partial charge < -0.3 is 22.0 Å². The summed E-state index contributed by atoms with van der Waals surface area (Å²) in [5, 5.41) is 15.6. The van der Waals surface area contributed by atoms with Gasteiger partial charge >= 0.3 is 0 Å². The zero-order chi connectivity index (χ0) is 22.4. The molecule has 2 aromatic rings. The zero-order valence-electron chi connectivity index (χ0n) is 16.4. The standard InChI is InChI=1S/C21H21N5O4S/c22-19(25-23)15-9-8-14(12-16(15)27)24-18(28)7-4-10-26-20(29)17(31-21(26)30)11-13-5-2-1-3-6-13/h1-3,5-6,8-9,11-12,27H,4,7,10,23H2,(H2,22,25)(H,24,28)/b17-11-. The summed E-state index contributed by atoms with van der Waals surface area (Å²) in [5.74, 6) is 4.20. The van der Waals surface area contributed by atoms with Crippen LogP contribution in [0.5, 0.6) is 5.75 Å². The Balaban J connectivity index is 1.52. The summed E-state index contributed by atoms with van der Waals surface area (Å²) in [7, 11) is 0. The van der Waals surface area contributed by atoms with Crippen molar-refractivity contribution in [3.8, 4) is 5.75 Å². The van der Waals surface area contributed by atoms with E-state index in [0.29, 0.717) is 17.0 Å². The normalized spacial score (nSPS) is 15.5. The van der Waals surface area contributed by atoms with Crippen LogP contribution in [0.1, 0.15) is 24.0 Å². The molecule has 1 saturated heterocycles. The number of benzene rings is 2. The van der Waals surface area contributed by atoms with Crippen LogP contribution in [0.15, 0.2) is 58.5 Å². The number of carbonyl (C=O) groups excluding carboxylic acids is 3. The molecule has 1 aliphatic heterocycles. The summed E-state index contributed by atoms with van der Waals surface area (Å²) in [6.45, 7) is 0.137. The van der Waals surface area contributed by atoms with Gasteiger partial charge in [0.1, 0.15) is 5.75 Å². The van der Waals surface area contributed by atoms with Crippen molar-refractivity contribution < 1.29 is 19.5 Å². The van der Waals surface area contributed by atoms with Gasteiger partial charge in [-0.15, -0.1) is 0 Å². The molecule has 1 fully saturated rings. The summed E-state index contributed by atoms with van der Waals surface area (Å²) in [4.78, 5) is 38.3. The molecule has 160 valence electrons. The van der Waals surface area contributed by atoms with Gasteiger partial charge in [-0.2, -0.15) is 5.10 Å². The number of nitrogens with two attached hydrogens (primary N) is 2. The molecule has 1 aliphatic rings. The van der Waals surface area contributed by atoms with Gasteiger partial charge in [0.2, 0.25) is 5.91 Å². The molecular formula is C21H21N5O4S. The summed E-state index contributed by atoms with van der Waals surface area (Å²) >= 11 is 0.887. The molecule has 0 unspecified atom stereocenters. The maximum absolute atomic E-state index is 12.5. The maximum Gasteiger partial charge on any atom is 0.293 e. The molecule has 0 saturated carbocycles. The van der Waals surface area contributed by atoms with E-state index in [9.17, 15) is 19.5 Å². The van der Waals surface area contributed by atoms with Gasteiger partial charge in [-0.1, -0.05) is 30.3 Å². The molecule has 1 heterocycles. The molecule has 9 nitrogen and oxygen atoms in total. The highest BCUT2D eigenvalue weighted by Crippen LogP contribution is 2.32. The van der Waals surface area contributed by atoms with Crippen molar-refractivity contribution in [1.82, 2.24) is 4.90 Å². The molecule has 6 N–H and O–H groups in total. The summed E-state index contributed by atoms with van der Waals surface area (Å²) in [6, 6.07) is 13.6. The van der Waals surface area contributed by atoms with E-state index in [2.05, 4.69) is 10.4 Å². The first-order chi connectivity index (χ1) is 14.9. The number of amidine groups is 1. The van der Waals surface area contributed by atoms with Gasteiger partial charge in [-0.3, -0.25) is 19.3 Å². The average Bonchev–Trinajstić information content (AvgIpc) is 3.01. The number of hydrogen-bond donors (Lipinski definition) is 4. The van der Waals surface area contributed by atoms with Crippen LogP contribution in [0.3, 0.4) is 0 Å². The highest BCUT2D eigenvalue weighted by molar-refractivity contribution is 8.18. The Labute approximate surface area is 182 Å². The molecule has 31 heavy (non-hydrogen) atoms. The fourth-order valence-corrected chi connectivity index (χ4v) is 3.78. The molecule has 0 spiro atoms. The van der Waals surface area contributed by atoms with E-state index in [1.165, 1.54) is 12.1 Å². The minimum Gasteiger partial charge on any atom is -0.507 e. The third-order valence-electron chi connectivity index (χ3n) is 4.45. The van der Waals surface area contributed by atoms with E-state index in [1.54, 1.807) is 12.1 Å². The second kappa shape index (κ2) is 9.81. The van der Waals surface area contributed by atoms with E-state index in [0.717, 1.165) is 22.2 Å². The molecule has 3 amide bonds. The topological polar surface area (TPSA) is 151 Å². The molecule has 10 heteroatoms. The molecule has 0 radical (unpaired) electrons. The molecule has 2 aromatic carbocycles. The molecule has 0 bridgehead atoms. The second-order valence-corrected chi connectivity index (χ2v) is 7.64. The van der Waals surface area contributed by atoms with Crippen LogP contribution in [0.4, 0.5) is 10.5 Å². The SMILES string of the molecule is N/N=C(\N)c1ccc(NC(=O)CCCN2C(=O)S/C(=C\c3ccccc3)C2=O)cc1O. The molecule has 0 aromatic heterocycles.